The molecule has 34 heavy (non-hydrogen) atoms. The standard InChI is InChI=1S/C21H27F4N5O4/c1-20(2,3)34-19(31)30-7-6-29(16(11-30)13-32-12-15-9-26-28-27-15)10-14-4-5-18(17(22)8-14)33-21(23,24)25/h4-5,8-9,16H,6-7,10-13H2,1-3H3,(H,26,27,28). The van der Waals surface area contributed by atoms with Crippen molar-refractivity contribution in [2.75, 3.05) is 26.2 Å². The zero-order valence-corrected chi connectivity index (χ0v) is 19.1. The molecule has 0 bridgehead atoms. The number of nitrogens with zero attached hydrogens (tertiary/aromatic N) is 4. The summed E-state index contributed by atoms with van der Waals surface area (Å²) in [4.78, 5) is 16.1. The van der Waals surface area contributed by atoms with Gasteiger partial charge in [-0.25, -0.2) is 9.18 Å². The Balaban J connectivity index is 1.68. The van der Waals surface area contributed by atoms with Gasteiger partial charge in [0.2, 0.25) is 0 Å². The molecule has 1 fully saturated rings. The van der Waals surface area contributed by atoms with Crippen molar-refractivity contribution in [2.24, 2.45) is 0 Å². The number of aromatic amines is 1. The summed E-state index contributed by atoms with van der Waals surface area (Å²) in [5, 5.41) is 10.1. The number of benzene rings is 1. The van der Waals surface area contributed by atoms with Gasteiger partial charge in [0.1, 0.15) is 11.3 Å². The maximum absolute atomic E-state index is 14.2. The first-order valence-electron chi connectivity index (χ1n) is 10.6. The molecule has 0 aliphatic carbocycles. The SMILES string of the molecule is CC(C)(C)OC(=O)N1CCN(Cc2ccc(OC(F)(F)F)c(F)c2)C(COCc2c[nH]nn2)C1. The van der Waals surface area contributed by atoms with Crippen molar-refractivity contribution in [2.45, 2.75) is 51.9 Å². The van der Waals surface area contributed by atoms with Gasteiger partial charge in [0.05, 0.1) is 19.3 Å². The smallest absolute Gasteiger partial charge is 0.444 e. The van der Waals surface area contributed by atoms with Gasteiger partial charge in [0.25, 0.3) is 0 Å². The lowest BCUT2D eigenvalue weighted by Gasteiger charge is -2.41. The number of aromatic nitrogens is 3. The molecule has 1 N–H and O–H groups in total. The molecule has 1 atom stereocenters. The molecule has 3 rings (SSSR count). The fourth-order valence-corrected chi connectivity index (χ4v) is 3.43. The van der Waals surface area contributed by atoms with Gasteiger partial charge in [-0.05, 0) is 38.5 Å². The molecule has 1 amide bonds. The lowest BCUT2D eigenvalue weighted by Crippen LogP contribution is -2.56. The van der Waals surface area contributed by atoms with Gasteiger partial charge in [-0.15, -0.1) is 18.3 Å². The number of carbonyl (C=O) groups excluding carboxylic acids is 1. The number of alkyl halides is 3. The largest absolute Gasteiger partial charge is 0.573 e. The van der Waals surface area contributed by atoms with Crippen LogP contribution in [-0.4, -0.2) is 75.6 Å². The number of piperazine rings is 1. The fourth-order valence-electron chi connectivity index (χ4n) is 3.43. The van der Waals surface area contributed by atoms with Crippen LogP contribution in [0.25, 0.3) is 0 Å². The number of H-pyrrole nitrogens is 1. The Bertz CT molecular complexity index is 950. The first-order chi connectivity index (χ1) is 15.9. The van der Waals surface area contributed by atoms with Crippen molar-refractivity contribution in [3.8, 4) is 5.75 Å². The van der Waals surface area contributed by atoms with Crippen LogP contribution in [0.3, 0.4) is 0 Å². The Morgan fingerprint density at radius 1 is 1.24 bits per heavy atom. The third-order valence-corrected chi connectivity index (χ3v) is 4.89. The lowest BCUT2D eigenvalue weighted by atomic mass is 10.1. The van der Waals surface area contributed by atoms with Crippen LogP contribution in [0.1, 0.15) is 32.0 Å². The molecular formula is C21H27F4N5O4. The molecule has 1 aromatic carbocycles. The van der Waals surface area contributed by atoms with E-state index in [2.05, 4.69) is 20.1 Å². The predicted octanol–water partition coefficient (Wildman–Crippen LogP) is 3.48. The number of amides is 1. The Morgan fingerprint density at radius 3 is 2.62 bits per heavy atom. The number of ether oxygens (including phenoxy) is 3. The molecule has 9 nitrogen and oxygen atoms in total. The molecule has 1 unspecified atom stereocenters. The van der Waals surface area contributed by atoms with Gasteiger partial charge in [-0.1, -0.05) is 11.3 Å². The average molecular weight is 489 g/mol. The number of carbonyl (C=O) groups is 1. The topological polar surface area (TPSA) is 92.8 Å². The molecule has 13 heteroatoms. The highest BCUT2D eigenvalue weighted by molar-refractivity contribution is 5.68. The van der Waals surface area contributed by atoms with Crippen LogP contribution in [0.2, 0.25) is 0 Å². The second kappa shape index (κ2) is 10.6. The van der Waals surface area contributed by atoms with E-state index in [1.54, 1.807) is 31.9 Å². The number of nitrogens with one attached hydrogen (secondary N) is 1. The second-order valence-electron chi connectivity index (χ2n) is 8.84. The van der Waals surface area contributed by atoms with E-state index in [0.717, 1.165) is 12.1 Å². The third-order valence-electron chi connectivity index (χ3n) is 4.89. The number of hydrogen-bond donors (Lipinski definition) is 1. The molecule has 0 saturated carbocycles. The summed E-state index contributed by atoms with van der Waals surface area (Å²) in [5.41, 5.74) is 0.415. The lowest BCUT2D eigenvalue weighted by molar-refractivity contribution is -0.275. The zero-order chi connectivity index (χ0) is 24.9. The normalized spacial score (nSPS) is 17.6. The van der Waals surface area contributed by atoms with Crippen LogP contribution < -0.4 is 4.74 Å². The molecule has 2 heterocycles. The highest BCUT2D eigenvalue weighted by atomic mass is 19.4. The highest BCUT2D eigenvalue weighted by Gasteiger charge is 2.34. The van der Waals surface area contributed by atoms with Crippen molar-refractivity contribution < 1.29 is 36.6 Å². The van der Waals surface area contributed by atoms with Crippen LogP contribution in [0.15, 0.2) is 24.4 Å². The first-order valence-corrected chi connectivity index (χ1v) is 10.6. The summed E-state index contributed by atoms with van der Waals surface area (Å²) in [6, 6.07) is 3.06. The van der Waals surface area contributed by atoms with Gasteiger partial charge >= 0.3 is 12.5 Å². The van der Waals surface area contributed by atoms with E-state index in [1.165, 1.54) is 6.07 Å². The summed E-state index contributed by atoms with van der Waals surface area (Å²) in [7, 11) is 0. The molecular weight excluding hydrogens is 462 g/mol. The van der Waals surface area contributed by atoms with Crippen molar-refractivity contribution in [3.05, 3.63) is 41.5 Å². The van der Waals surface area contributed by atoms with Crippen molar-refractivity contribution in [3.63, 3.8) is 0 Å². The minimum Gasteiger partial charge on any atom is -0.444 e. The number of halogens is 4. The van der Waals surface area contributed by atoms with Gasteiger partial charge in [-0.3, -0.25) is 10.00 Å². The molecule has 2 aromatic rings. The minimum atomic E-state index is -4.98. The van der Waals surface area contributed by atoms with Gasteiger partial charge in [0.15, 0.2) is 11.6 Å². The van der Waals surface area contributed by atoms with Crippen molar-refractivity contribution >= 4 is 6.09 Å². The Morgan fingerprint density at radius 2 is 2.00 bits per heavy atom. The molecule has 188 valence electrons. The summed E-state index contributed by atoms with van der Waals surface area (Å²) in [6.45, 7) is 7.09. The molecule has 1 aliphatic heterocycles. The maximum atomic E-state index is 14.2. The van der Waals surface area contributed by atoms with Crippen LogP contribution in [0.5, 0.6) is 5.75 Å². The molecule has 1 aliphatic rings. The summed E-state index contributed by atoms with van der Waals surface area (Å²) >= 11 is 0. The van der Waals surface area contributed by atoms with Gasteiger partial charge < -0.3 is 19.1 Å². The first kappa shape index (κ1) is 25.7. The van der Waals surface area contributed by atoms with E-state index in [-0.39, 0.29) is 25.8 Å². The molecule has 1 aromatic heterocycles. The van der Waals surface area contributed by atoms with Crippen molar-refractivity contribution in [1.29, 1.82) is 0 Å². The molecule has 1 saturated heterocycles. The summed E-state index contributed by atoms with van der Waals surface area (Å²) < 4.78 is 66.3. The monoisotopic (exact) mass is 489 g/mol. The van der Waals surface area contributed by atoms with Crippen molar-refractivity contribution in [1.82, 2.24) is 25.2 Å². The maximum Gasteiger partial charge on any atom is 0.573 e. The van der Waals surface area contributed by atoms with E-state index in [1.807, 2.05) is 4.90 Å². The Kier molecular flexibility index (Phi) is 7.97. The average Bonchev–Trinajstić information content (AvgIpc) is 3.22. The minimum absolute atomic E-state index is 0.200. The van der Waals surface area contributed by atoms with Gasteiger partial charge in [-0.2, -0.15) is 0 Å². The second-order valence-corrected chi connectivity index (χ2v) is 8.84. The van der Waals surface area contributed by atoms with Crippen LogP contribution in [-0.2, 0) is 22.6 Å². The van der Waals surface area contributed by atoms with Crippen LogP contribution >= 0.6 is 0 Å². The summed E-state index contributed by atoms with van der Waals surface area (Å²) in [5.74, 6) is -2.00. The highest BCUT2D eigenvalue weighted by Crippen LogP contribution is 2.27. The third kappa shape index (κ3) is 7.83. The fraction of sp³-hybridized carbons (Fsp3) is 0.571. The van der Waals surface area contributed by atoms with E-state index >= 15 is 0 Å². The van der Waals surface area contributed by atoms with E-state index in [0.29, 0.717) is 30.9 Å². The Hall–Kier alpha value is -2.93. The van der Waals surface area contributed by atoms with Gasteiger partial charge in [0, 0.05) is 32.4 Å². The van der Waals surface area contributed by atoms with E-state index in [9.17, 15) is 22.4 Å². The van der Waals surface area contributed by atoms with Crippen LogP contribution in [0, 0.1) is 5.82 Å². The quantitative estimate of drug-likeness (QED) is 0.596. The zero-order valence-electron chi connectivity index (χ0n) is 19.1. The number of hydrogen-bond acceptors (Lipinski definition) is 7. The van der Waals surface area contributed by atoms with Crippen LogP contribution in [0.4, 0.5) is 22.4 Å². The number of rotatable bonds is 7. The Labute approximate surface area is 193 Å². The van der Waals surface area contributed by atoms with E-state index < -0.39 is 29.6 Å². The molecule has 0 radical (unpaired) electrons. The summed E-state index contributed by atoms with van der Waals surface area (Å²) in [6.07, 6.45) is -3.83. The molecule has 0 spiro atoms. The predicted molar refractivity (Wildman–Crippen MR) is 111 cm³/mol. The van der Waals surface area contributed by atoms with E-state index in [4.69, 9.17) is 9.47 Å².